The number of hydrogen-bond acceptors (Lipinski definition) is 6. The van der Waals surface area contributed by atoms with Crippen molar-refractivity contribution in [2.45, 2.75) is 13.5 Å². The van der Waals surface area contributed by atoms with E-state index in [-0.39, 0.29) is 17.8 Å². The van der Waals surface area contributed by atoms with Gasteiger partial charge in [0.2, 0.25) is 0 Å². The zero-order valence-corrected chi connectivity index (χ0v) is 17.9. The fourth-order valence-corrected chi connectivity index (χ4v) is 4.11. The van der Waals surface area contributed by atoms with Crippen LogP contribution in [0.15, 0.2) is 61.2 Å². The number of nitro groups is 1. The third-order valence-corrected chi connectivity index (χ3v) is 5.80. The summed E-state index contributed by atoms with van der Waals surface area (Å²) in [5.74, 6) is -0.416. The molecule has 0 fully saturated rings. The topological polar surface area (TPSA) is 103 Å². The predicted molar refractivity (Wildman–Crippen MR) is 119 cm³/mol. The van der Waals surface area contributed by atoms with E-state index in [2.05, 4.69) is 15.3 Å². The summed E-state index contributed by atoms with van der Waals surface area (Å²) in [6, 6.07) is 11.7. The second kappa shape index (κ2) is 8.66. The molecule has 2 heterocycles. The largest absolute Gasteiger partial charge is 0.346 e. The van der Waals surface area contributed by atoms with E-state index >= 15 is 0 Å². The standard InChI is InChI=1S/C21H16ClN5O3S/c1-13-20(14-2-5-16(22)6-3-14)25-19(31-13)11-24-21(28)15-4-7-17(18(10-15)27(29)30)26-9-8-23-12-26/h2-10,12H,11H2,1H3,(H,24,28). The van der Waals surface area contributed by atoms with Gasteiger partial charge in [-0.15, -0.1) is 11.3 Å². The SMILES string of the molecule is Cc1sc(CNC(=O)c2ccc(-n3ccnc3)c([N+](=O)[O-])c2)nc1-c1ccc(Cl)cc1. The Balaban J connectivity index is 1.50. The van der Waals surface area contributed by atoms with Gasteiger partial charge >= 0.3 is 0 Å². The number of rotatable bonds is 6. The molecule has 0 saturated heterocycles. The summed E-state index contributed by atoms with van der Waals surface area (Å²) >= 11 is 7.43. The number of halogens is 1. The Hall–Kier alpha value is -3.56. The second-order valence-electron chi connectivity index (χ2n) is 6.63. The molecule has 0 bridgehead atoms. The van der Waals surface area contributed by atoms with Crippen LogP contribution in [-0.4, -0.2) is 25.4 Å². The molecule has 156 valence electrons. The van der Waals surface area contributed by atoms with Gasteiger partial charge in [0.25, 0.3) is 11.6 Å². The highest BCUT2D eigenvalue weighted by Gasteiger charge is 2.19. The molecular weight excluding hydrogens is 438 g/mol. The number of aryl methyl sites for hydroxylation is 1. The Bertz CT molecular complexity index is 1250. The zero-order valence-electron chi connectivity index (χ0n) is 16.3. The number of carbonyl (C=O) groups is 1. The predicted octanol–water partition coefficient (Wildman–Crippen LogP) is 4.80. The van der Waals surface area contributed by atoms with Gasteiger partial charge in [0.15, 0.2) is 0 Å². The number of nitro benzene ring substituents is 1. The summed E-state index contributed by atoms with van der Waals surface area (Å²) in [4.78, 5) is 33.1. The van der Waals surface area contributed by atoms with Crippen molar-refractivity contribution < 1.29 is 9.72 Å². The molecule has 0 spiro atoms. The first kappa shape index (κ1) is 20.7. The van der Waals surface area contributed by atoms with E-state index in [0.717, 1.165) is 21.1 Å². The van der Waals surface area contributed by atoms with E-state index in [4.69, 9.17) is 11.6 Å². The van der Waals surface area contributed by atoms with Gasteiger partial charge in [0, 0.05) is 39.5 Å². The second-order valence-corrected chi connectivity index (χ2v) is 8.36. The normalized spacial score (nSPS) is 10.8. The van der Waals surface area contributed by atoms with E-state index in [1.165, 1.54) is 40.6 Å². The molecule has 0 aliphatic rings. The van der Waals surface area contributed by atoms with Crippen LogP contribution in [0.4, 0.5) is 5.69 Å². The summed E-state index contributed by atoms with van der Waals surface area (Å²) in [5.41, 5.74) is 2.14. The first-order valence-corrected chi connectivity index (χ1v) is 10.4. The van der Waals surface area contributed by atoms with E-state index in [1.54, 1.807) is 24.4 Å². The lowest BCUT2D eigenvalue weighted by Crippen LogP contribution is -2.23. The van der Waals surface area contributed by atoms with Crippen LogP contribution >= 0.6 is 22.9 Å². The van der Waals surface area contributed by atoms with Crippen LogP contribution < -0.4 is 5.32 Å². The molecule has 4 rings (SSSR count). The summed E-state index contributed by atoms with van der Waals surface area (Å²) in [5, 5.41) is 15.7. The average Bonchev–Trinajstić information content (AvgIpc) is 3.42. The van der Waals surface area contributed by atoms with Crippen molar-refractivity contribution in [3.05, 3.63) is 91.8 Å². The molecule has 2 aromatic carbocycles. The van der Waals surface area contributed by atoms with Gasteiger partial charge in [-0.05, 0) is 31.2 Å². The molecule has 2 aromatic heterocycles. The quantitative estimate of drug-likeness (QED) is 0.334. The van der Waals surface area contributed by atoms with E-state index in [0.29, 0.717) is 10.7 Å². The molecule has 0 radical (unpaired) electrons. The summed E-state index contributed by atoms with van der Waals surface area (Å²) in [6.07, 6.45) is 4.59. The number of nitrogens with zero attached hydrogens (tertiary/aromatic N) is 4. The fraction of sp³-hybridized carbons (Fsp3) is 0.0952. The van der Waals surface area contributed by atoms with Crippen molar-refractivity contribution in [3.8, 4) is 16.9 Å². The molecule has 0 unspecified atom stereocenters. The maximum atomic E-state index is 12.6. The minimum atomic E-state index is -0.519. The number of thiazole rings is 1. The number of amides is 1. The molecule has 10 heteroatoms. The van der Waals surface area contributed by atoms with Gasteiger partial charge < -0.3 is 9.88 Å². The van der Waals surface area contributed by atoms with Gasteiger partial charge in [0.1, 0.15) is 10.7 Å². The van der Waals surface area contributed by atoms with E-state index in [1.807, 2.05) is 19.1 Å². The van der Waals surface area contributed by atoms with Crippen LogP contribution in [0.2, 0.25) is 5.02 Å². The molecule has 8 nitrogen and oxygen atoms in total. The molecule has 0 aliphatic carbocycles. The average molecular weight is 454 g/mol. The third-order valence-electron chi connectivity index (χ3n) is 4.58. The molecule has 0 atom stereocenters. The molecule has 1 N–H and O–H groups in total. The van der Waals surface area contributed by atoms with Gasteiger partial charge in [-0.2, -0.15) is 0 Å². The van der Waals surface area contributed by atoms with Crippen molar-refractivity contribution in [2.24, 2.45) is 0 Å². The lowest BCUT2D eigenvalue weighted by atomic mass is 10.1. The zero-order chi connectivity index (χ0) is 22.0. The Morgan fingerprint density at radius 3 is 2.71 bits per heavy atom. The van der Waals surface area contributed by atoms with Crippen molar-refractivity contribution in [3.63, 3.8) is 0 Å². The Labute approximate surface area is 186 Å². The van der Waals surface area contributed by atoms with E-state index in [9.17, 15) is 14.9 Å². The molecular formula is C21H16ClN5O3S. The van der Waals surface area contributed by atoms with Crippen molar-refractivity contribution in [1.82, 2.24) is 19.9 Å². The molecule has 4 aromatic rings. The van der Waals surface area contributed by atoms with Gasteiger partial charge in [0.05, 0.1) is 23.5 Å². The minimum Gasteiger partial charge on any atom is -0.346 e. The van der Waals surface area contributed by atoms with E-state index < -0.39 is 10.8 Å². The first-order chi connectivity index (χ1) is 14.9. The number of benzene rings is 2. The van der Waals surface area contributed by atoms with Crippen molar-refractivity contribution in [1.29, 1.82) is 0 Å². The fourth-order valence-electron chi connectivity index (χ4n) is 3.09. The smallest absolute Gasteiger partial charge is 0.294 e. The maximum Gasteiger partial charge on any atom is 0.294 e. The van der Waals surface area contributed by atoms with Crippen LogP contribution in [0, 0.1) is 17.0 Å². The summed E-state index contributed by atoms with van der Waals surface area (Å²) < 4.78 is 1.52. The van der Waals surface area contributed by atoms with Crippen molar-refractivity contribution in [2.75, 3.05) is 0 Å². The Kier molecular flexibility index (Phi) is 5.79. The van der Waals surface area contributed by atoms with Crippen LogP contribution in [0.5, 0.6) is 0 Å². The Morgan fingerprint density at radius 2 is 2.03 bits per heavy atom. The number of carbonyl (C=O) groups excluding carboxylic acids is 1. The molecule has 31 heavy (non-hydrogen) atoms. The lowest BCUT2D eigenvalue weighted by molar-refractivity contribution is -0.384. The summed E-state index contributed by atoms with van der Waals surface area (Å²) in [6.45, 7) is 2.18. The Morgan fingerprint density at radius 1 is 1.26 bits per heavy atom. The number of aromatic nitrogens is 3. The highest BCUT2D eigenvalue weighted by Crippen LogP contribution is 2.29. The minimum absolute atomic E-state index is 0.180. The summed E-state index contributed by atoms with van der Waals surface area (Å²) in [7, 11) is 0. The number of imidazole rings is 1. The first-order valence-electron chi connectivity index (χ1n) is 9.19. The van der Waals surface area contributed by atoms with Gasteiger partial charge in [-0.1, -0.05) is 23.7 Å². The van der Waals surface area contributed by atoms with Crippen LogP contribution in [0.1, 0.15) is 20.2 Å². The third kappa shape index (κ3) is 4.47. The lowest BCUT2D eigenvalue weighted by Gasteiger charge is -2.07. The highest BCUT2D eigenvalue weighted by molar-refractivity contribution is 7.12. The number of hydrogen-bond donors (Lipinski definition) is 1. The van der Waals surface area contributed by atoms with Crippen molar-refractivity contribution >= 4 is 34.5 Å². The maximum absolute atomic E-state index is 12.6. The monoisotopic (exact) mass is 453 g/mol. The van der Waals surface area contributed by atoms with Crippen LogP contribution in [0.25, 0.3) is 16.9 Å². The van der Waals surface area contributed by atoms with Crippen LogP contribution in [-0.2, 0) is 6.54 Å². The number of nitrogens with one attached hydrogen (secondary N) is 1. The molecule has 0 aliphatic heterocycles. The molecule has 0 saturated carbocycles. The molecule has 1 amide bonds. The van der Waals surface area contributed by atoms with Gasteiger partial charge in [-0.25, -0.2) is 9.97 Å². The van der Waals surface area contributed by atoms with Gasteiger partial charge in [-0.3, -0.25) is 14.9 Å². The highest BCUT2D eigenvalue weighted by atomic mass is 35.5. The van der Waals surface area contributed by atoms with Crippen LogP contribution in [0.3, 0.4) is 0 Å².